The second kappa shape index (κ2) is 7.09. The molecule has 2 aromatic heterocycles. The van der Waals surface area contributed by atoms with Gasteiger partial charge in [0.2, 0.25) is 6.41 Å². The van der Waals surface area contributed by atoms with Crippen molar-refractivity contribution in [3.63, 3.8) is 0 Å². The topological polar surface area (TPSA) is 110 Å². The summed E-state index contributed by atoms with van der Waals surface area (Å²) in [6, 6.07) is 0. The monoisotopic (exact) mass is 377 g/mol. The molecule has 1 N–H and O–H groups in total. The molecule has 2 aromatic rings. The molecule has 1 unspecified atom stereocenters. The molecule has 5 atom stereocenters. The van der Waals surface area contributed by atoms with Crippen molar-refractivity contribution in [1.82, 2.24) is 29.3 Å². The average molecular weight is 377 g/mol. The van der Waals surface area contributed by atoms with Crippen molar-refractivity contribution in [1.29, 1.82) is 0 Å². The first-order valence-electron chi connectivity index (χ1n) is 8.61. The number of nitrogens with zero attached hydrogens (tertiary/aromatic N) is 7. The lowest BCUT2D eigenvalue weighted by Crippen LogP contribution is -2.33. The summed E-state index contributed by atoms with van der Waals surface area (Å²) in [6.07, 6.45) is 2.44. The zero-order chi connectivity index (χ0) is 19.1. The predicted molar refractivity (Wildman–Crippen MR) is 95.4 cm³/mol. The van der Waals surface area contributed by atoms with E-state index in [9.17, 15) is 5.11 Å². The molecule has 11 heteroatoms. The van der Waals surface area contributed by atoms with Gasteiger partial charge in [0.15, 0.2) is 23.2 Å². The molecule has 146 valence electrons. The van der Waals surface area contributed by atoms with Crippen LogP contribution in [-0.4, -0.2) is 100 Å². The van der Waals surface area contributed by atoms with Crippen LogP contribution in [-0.2, 0) is 14.2 Å². The van der Waals surface area contributed by atoms with Gasteiger partial charge >= 0.3 is 0 Å². The fraction of sp³-hybridized carbons (Fsp3) is 0.625. The Balaban J connectivity index is 1.69. The van der Waals surface area contributed by atoms with E-state index >= 15 is 0 Å². The van der Waals surface area contributed by atoms with Gasteiger partial charge in [0.1, 0.15) is 24.6 Å². The first kappa shape index (κ1) is 18.2. The van der Waals surface area contributed by atoms with Crippen LogP contribution in [0.2, 0.25) is 0 Å². The highest BCUT2D eigenvalue weighted by Gasteiger charge is 2.54. The maximum atomic E-state index is 9.68. The molecule has 4 rings (SSSR count). The lowest BCUT2D eigenvalue weighted by Gasteiger charge is -2.23. The second-order valence-electron chi connectivity index (χ2n) is 6.95. The van der Waals surface area contributed by atoms with Gasteiger partial charge in [-0.05, 0) is 14.1 Å². The van der Waals surface area contributed by atoms with Crippen molar-refractivity contribution in [2.45, 2.75) is 31.0 Å². The molecule has 11 nitrogen and oxygen atoms in total. The maximum absolute atomic E-state index is 9.68. The molecule has 0 aromatic carbocycles. The Labute approximate surface area is 156 Å². The minimum absolute atomic E-state index is 0.166. The van der Waals surface area contributed by atoms with Crippen LogP contribution < -0.4 is 0 Å². The molecule has 2 saturated heterocycles. The Kier molecular flexibility index (Phi) is 4.78. The number of hydrogen-bond donors (Lipinski definition) is 1. The third-order valence-electron chi connectivity index (χ3n) is 4.46. The summed E-state index contributed by atoms with van der Waals surface area (Å²) in [4.78, 5) is 20.9. The normalized spacial score (nSPS) is 30.7. The van der Waals surface area contributed by atoms with E-state index in [2.05, 4.69) is 19.9 Å². The molecule has 0 aliphatic carbocycles. The molecular weight excluding hydrogens is 354 g/mol. The molecule has 0 saturated carbocycles. The van der Waals surface area contributed by atoms with Gasteiger partial charge in [0.25, 0.3) is 0 Å². The zero-order valence-electron chi connectivity index (χ0n) is 15.6. The van der Waals surface area contributed by atoms with Crippen molar-refractivity contribution in [3.05, 3.63) is 12.7 Å². The Morgan fingerprint density at radius 2 is 1.93 bits per heavy atom. The van der Waals surface area contributed by atoms with Crippen molar-refractivity contribution in [3.8, 4) is 0 Å². The van der Waals surface area contributed by atoms with Crippen LogP contribution in [0.3, 0.4) is 0 Å². The summed E-state index contributed by atoms with van der Waals surface area (Å²) in [6.45, 7) is -0.166. The number of aromatic nitrogens is 4. The van der Waals surface area contributed by atoms with Crippen LogP contribution in [0.5, 0.6) is 0 Å². The number of imidazole rings is 1. The van der Waals surface area contributed by atoms with Crippen LogP contribution in [0, 0.1) is 0 Å². The van der Waals surface area contributed by atoms with Crippen molar-refractivity contribution in [2.24, 2.45) is 4.99 Å². The van der Waals surface area contributed by atoms with E-state index in [0.717, 1.165) is 0 Å². The first-order valence-corrected chi connectivity index (χ1v) is 8.61. The number of aliphatic imine (C=N–C) groups is 1. The minimum Gasteiger partial charge on any atom is -0.394 e. The van der Waals surface area contributed by atoms with E-state index in [1.165, 1.54) is 6.33 Å². The molecule has 2 aliphatic rings. The van der Waals surface area contributed by atoms with Crippen molar-refractivity contribution in [2.75, 3.05) is 34.8 Å². The van der Waals surface area contributed by atoms with Gasteiger partial charge in [-0.1, -0.05) is 0 Å². The van der Waals surface area contributed by atoms with E-state index in [1.54, 1.807) is 17.2 Å². The van der Waals surface area contributed by atoms with Crippen molar-refractivity contribution >= 4 is 23.3 Å². The summed E-state index contributed by atoms with van der Waals surface area (Å²) in [5.41, 5.74) is 1.14. The van der Waals surface area contributed by atoms with E-state index < -0.39 is 24.8 Å². The lowest BCUT2D eigenvalue weighted by molar-refractivity contribution is -0.198. The summed E-state index contributed by atoms with van der Waals surface area (Å²) in [7, 11) is 7.48. The third-order valence-corrected chi connectivity index (χ3v) is 4.46. The molecule has 2 fully saturated rings. The Morgan fingerprint density at radius 1 is 1.15 bits per heavy atom. The lowest BCUT2D eigenvalue weighted by atomic mass is 10.1. The molecular formula is C16H23N7O4. The summed E-state index contributed by atoms with van der Waals surface area (Å²) in [5, 5.41) is 9.68. The van der Waals surface area contributed by atoms with Crippen LogP contribution in [0.4, 0.5) is 5.82 Å². The van der Waals surface area contributed by atoms with E-state index in [1.807, 2.05) is 38.0 Å². The summed E-state index contributed by atoms with van der Waals surface area (Å²) < 4.78 is 19.7. The number of ether oxygens (including phenoxy) is 3. The van der Waals surface area contributed by atoms with Crippen LogP contribution in [0.1, 0.15) is 6.23 Å². The number of fused-ring (bicyclic) bond motifs is 2. The maximum Gasteiger partial charge on any atom is 0.219 e. The smallest absolute Gasteiger partial charge is 0.219 e. The van der Waals surface area contributed by atoms with Gasteiger partial charge in [-0.15, -0.1) is 0 Å². The van der Waals surface area contributed by atoms with E-state index in [4.69, 9.17) is 14.2 Å². The molecule has 0 bridgehead atoms. The van der Waals surface area contributed by atoms with E-state index in [-0.39, 0.29) is 12.7 Å². The standard InChI is InChI=1S/C16H23N7O4/c1-21(2)7-20-13-10-14(18-6-17-13)23(8-19-10)15-12-11(9(5-24)25-15)26-16(27-12)22(3)4/h6-9,11-12,15-16,24H,5H2,1-4H3/b20-7+/t9-,11-,12-,15-,16?/m1/s1. The van der Waals surface area contributed by atoms with Gasteiger partial charge in [-0.25, -0.2) is 19.9 Å². The number of hydrogen-bond acceptors (Lipinski definition) is 9. The van der Waals surface area contributed by atoms with E-state index in [0.29, 0.717) is 17.0 Å². The highest BCUT2D eigenvalue weighted by atomic mass is 16.8. The Morgan fingerprint density at radius 3 is 2.63 bits per heavy atom. The fourth-order valence-corrected chi connectivity index (χ4v) is 3.22. The summed E-state index contributed by atoms with van der Waals surface area (Å²) in [5.74, 6) is 0.468. The average Bonchev–Trinajstić information content (AvgIpc) is 3.32. The van der Waals surface area contributed by atoms with Gasteiger partial charge in [-0.2, -0.15) is 0 Å². The fourth-order valence-electron chi connectivity index (χ4n) is 3.22. The van der Waals surface area contributed by atoms with Crippen LogP contribution in [0.25, 0.3) is 11.2 Å². The van der Waals surface area contributed by atoms with Crippen LogP contribution in [0.15, 0.2) is 17.6 Å². The number of aliphatic hydroxyl groups is 1. The van der Waals surface area contributed by atoms with Crippen molar-refractivity contribution < 1.29 is 19.3 Å². The predicted octanol–water partition coefficient (Wildman–Crippen LogP) is -0.433. The Bertz CT molecular complexity index is 839. The second-order valence-corrected chi connectivity index (χ2v) is 6.95. The molecule has 4 heterocycles. The molecule has 0 spiro atoms. The van der Waals surface area contributed by atoms with Gasteiger partial charge in [0.05, 0.1) is 19.3 Å². The highest BCUT2D eigenvalue weighted by molar-refractivity contribution is 5.82. The SMILES string of the molecule is CN(C)/C=N/c1ncnc2c1ncn2[C@@H]1O[C@H](CO)[C@H]2OC(N(C)C)O[C@H]21. The highest BCUT2D eigenvalue weighted by Crippen LogP contribution is 2.40. The zero-order valence-corrected chi connectivity index (χ0v) is 15.6. The van der Waals surface area contributed by atoms with Gasteiger partial charge in [-0.3, -0.25) is 9.47 Å². The molecule has 0 radical (unpaired) electrons. The van der Waals surface area contributed by atoms with Gasteiger partial charge in [0, 0.05) is 14.1 Å². The first-order chi connectivity index (χ1) is 13.0. The third kappa shape index (κ3) is 3.17. The summed E-state index contributed by atoms with van der Waals surface area (Å²) >= 11 is 0. The molecule has 2 aliphatic heterocycles. The molecule has 0 amide bonds. The largest absolute Gasteiger partial charge is 0.394 e. The Hall–Kier alpha value is -2.18. The molecule has 27 heavy (non-hydrogen) atoms. The van der Waals surface area contributed by atoms with Gasteiger partial charge < -0.3 is 24.2 Å². The quantitative estimate of drug-likeness (QED) is 0.548. The number of rotatable bonds is 5. The number of aliphatic hydroxyl groups excluding tert-OH is 1. The van der Waals surface area contributed by atoms with Crippen LogP contribution >= 0.6 is 0 Å². The minimum atomic E-state index is -0.525.